The molecule has 0 spiro atoms. The summed E-state index contributed by atoms with van der Waals surface area (Å²) in [5, 5.41) is 2.68. The molecule has 29 heavy (non-hydrogen) atoms. The Morgan fingerprint density at radius 1 is 1.14 bits per heavy atom. The van der Waals surface area contributed by atoms with Gasteiger partial charge in [-0.25, -0.2) is 18.4 Å². The van der Waals surface area contributed by atoms with Crippen molar-refractivity contribution in [2.24, 2.45) is 0 Å². The van der Waals surface area contributed by atoms with Gasteiger partial charge in [0, 0.05) is 5.70 Å². The largest absolute Gasteiger partial charge is 0.497 e. The molecule has 2 aromatic rings. The lowest BCUT2D eigenvalue weighted by molar-refractivity contribution is -0.139. The van der Waals surface area contributed by atoms with Gasteiger partial charge in [-0.2, -0.15) is 0 Å². The average molecular weight is 402 g/mol. The maximum Gasteiger partial charge on any atom is 0.338 e. The van der Waals surface area contributed by atoms with E-state index >= 15 is 0 Å². The van der Waals surface area contributed by atoms with E-state index in [9.17, 15) is 18.4 Å². The molecule has 2 amide bonds. The molecular weight excluding hydrogens is 382 g/mol. The zero-order valence-electron chi connectivity index (χ0n) is 16.2. The van der Waals surface area contributed by atoms with Gasteiger partial charge in [-0.15, -0.1) is 0 Å². The van der Waals surface area contributed by atoms with E-state index in [0.29, 0.717) is 17.1 Å². The van der Waals surface area contributed by atoms with Crippen molar-refractivity contribution in [1.29, 1.82) is 0 Å². The lowest BCUT2D eigenvalue weighted by atomic mass is 9.94. The molecule has 0 saturated heterocycles. The zero-order valence-corrected chi connectivity index (χ0v) is 16.2. The molecule has 1 aliphatic rings. The number of benzene rings is 2. The van der Waals surface area contributed by atoms with Crippen molar-refractivity contribution in [2.75, 3.05) is 18.6 Å². The van der Waals surface area contributed by atoms with Crippen LogP contribution in [0.25, 0.3) is 0 Å². The smallest absolute Gasteiger partial charge is 0.338 e. The Hall–Kier alpha value is -3.42. The first-order valence-corrected chi connectivity index (χ1v) is 8.94. The first-order chi connectivity index (χ1) is 13.9. The van der Waals surface area contributed by atoms with E-state index in [1.54, 1.807) is 38.1 Å². The number of hydrogen-bond acceptors (Lipinski definition) is 4. The number of esters is 1. The minimum Gasteiger partial charge on any atom is -0.497 e. The second kappa shape index (κ2) is 8.30. The van der Waals surface area contributed by atoms with Gasteiger partial charge in [-0.05, 0) is 55.8 Å². The highest BCUT2D eigenvalue weighted by atomic mass is 19.2. The number of allylic oxidation sites excluding steroid dienone is 1. The first-order valence-electron chi connectivity index (χ1n) is 8.94. The zero-order chi connectivity index (χ0) is 21.1. The molecular formula is C21H20F2N2O4. The summed E-state index contributed by atoms with van der Waals surface area (Å²) in [7, 11) is 1.53. The second-order valence-electron chi connectivity index (χ2n) is 6.31. The van der Waals surface area contributed by atoms with Crippen LogP contribution in [0.5, 0.6) is 5.75 Å². The van der Waals surface area contributed by atoms with Crippen molar-refractivity contribution in [3.63, 3.8) is 0 Å². The number of halogens is 2. The summed E-state index contributed by atoms with van der Waals surface area (Å²) in [6.07, 6.45) is 0. The Kier molecular flexibility index (Phi) is 5.81. The third-order valence-corrected chi connectivity index (χ3v) is 4.59. The van der Waals surface area contributed by atoms with Gasteiger partial charge < -0.3 is 14.8 Å². The van der Waals surface area contributed by atoms with Crippen LogP contribution in [0.1, 0.15) is 25.5 Å². The molecule has 0 fully saturated rings. The van der Waals surface area contributed by atoms with Gasteiger partial charge in [0.25, 0.3) is 0 Å². The molecule has 1 heterocycles. The molecule has 0 unspecified atom stereocenters. The molecule has 0 aromatic heterocycles. The number of carbonyl (C=O) groups is 2. The molecule has 0 radical (unpaired) electrons. The fourth-order valence-corrected chi connectivity index (χ4v) is 3.20. The van der Waals surface area contributed by atoms with E-state index in [1.807, 2.05) is 0 Å². The molecule has 8 heteroatoms. The minimum absolute atomic E-state index is 0.122. The van der Waals surface area contributed by atoms with Gasteiger partial charge in [-0.1, -0.05) is 6.07 Å². The SMILES string of the molecule is CCOC(=O)C1=C(C)N(c2ccc(OC)cc2)C(=O)N[C@H]1c1ccc(F)c(F)c1. The van der Waals surface area contributed by atoms with Crippen molar-refractivity contribution in [1.82, 2.24) is 5.32 Å². The standard InChI is InChI=1S/C21H20F2N2O4/c1-4-29-20(26)18-12(2)25(14-6-8-15(28-3)9-7-14)21(27)24-19(18)13-5-10-16(22)17(23)11-13/h5-11,19H,4H2,1-3H3,(H,24,27)/t19-/m0/s1. The third kappa shape index (κ3) is 3.91. The van der Waals surface area contributed by atoms with E-state index in [4.69, 9.17) is 9.47 Å². The van der Waals surface area contributed by atoms with Crippen LogP contribution in [0.15, 0.2) is 53.7 Å². The van der Waals surface area contributed by atoms with E-state index in [0.717, 1.165) is 12.1 Å². The van der Waals surface area contributed by atoms with Gasteiger partial charge in [0.1, 0.15) is 5.75 Å². The summed E-state index contributed by atoms with van der Waals surface area (Å²) in [6.45, 7) is 3.38. The number of anilines is 1. The van der Waals surface area contributed by atoms with Crippen LogP contribution in [-0.2, 0) is 9.53 Å². The fraction of sp³-hybridized carbons (Fsp3) is 0.238. The Morgan fingerprint density at radius 3 is 2.41 bits per heavy atom. The van der Waals surface area contributed by atoms with Gasteiger partial charge in [-0.3, -0.25) is 4.90 Å². The maximum absolute atomic E-state index is 13.8. The highest BCUT2D eigenvalue weighted by Gasteiger charge is 2.37. The Labute approximate surface area is 166 Å². The summed E-state index contributed by atoms with van der Waals surface area (Å²) in [4.78, 5) is 26.9. The monoisotopic (exact) mass is 402 g/mol. The van der Waals surface area contributed by atoms with Crippen molar-refractivity contribution in [3.8, 4) is 5.75 Å². The highest BCUT2D eigenvalue weighted by Crippen LogP contribution is 2.35. The predicted molar refractivity (Wildman–Crippen MR) is 102 cm³/mol. The van der Waals surface area contributed by atoms with Crippen molar-refractivity contribution >= 4 is 17.7 Å². The van der Waals surface area contributed by atoms with E-state index < -0.39 is 29.7 Å². The number of hydrogen-bond donors (Lipinski definition) is 1. The van der Waals surface area contributed by atoms with Crippen LogP contribution in [0.3, 0.4) is 0 Å². The number of nitrogens with one attached hydrogen (secondary N) is 1. The lowest BCUT2D eigenvalue weighted by Crippen LogP contribution is -2.48. The third-order valence-electron chi connectivity index (χ3n) is 4.59. The van der Waals surface area contributed by atoms with Crippen LogP contribution in [0, 0.1) is 11.6 Å². The normalized spacial score (nSPS) is 16.5. The van der Waals surface area contributed by atoms with E-state index in [1.165, 1.54) is 18.1 Å². The number of carbonyl (C=O) groups excluding carboxylic acids is 2. The van der Waals surface area contributed by atoms with E-state index in [-0.39, 0.29) is 17.7 Å². The quantitative estimate of drug-likeness (QED) is 0.766. The van der Waals surface area contributed by atoms with Gasteiger partial charge in [0.15, 0.2) is 11.6 Å². The molecule has 2 aromatic carbocycles. The van der Waals surface area contributed by atoms with Gasteiger partial charge in [0.2, 0.25) is 0 Å². The van der Waals surface area contributed by atoms with Crippen LogP contribution in [-0.4, -0.2) is 25.7 Å². The molecule has 152 valence electrons. The molecule has 0 saturated carbocycles. The number of ether oxygens (including phenoxy) is 2. The van der Waals surface area contributed by atoms with Gasteiger partial charge in [0.05, 0.1) is 31.0 Å². The predicted octanol–water partition coefficient (Wildman–Crippen LogP) is 4.08. The van der Waals surface area contributed by atoms with Gasteiger partial charge >= 0.3 is 12.0 Å². The summed E-state index contributed by atoms with van der Waals surface area (Å²) in [5.74, 6) is -2.14. The summed E-state index contributed by atoms with van der Waals surface area (Å²) < 4.78 is 37.4. The minimum atomic E-state index is -1.07. The molecule has 6 nitrogen and oxygen atoms in total. The number of amides is 2. The average Bonchev–Trinajstić information content (AvgIpc) is 2.70. The number of nitrogens with zero attached hydrogens (tertiary/aromatic N) is 1. The lowest BCUT2D eigenvalue weighted by Gasteiger charge is -2.35. The molecule has 1 atom stereocenters. The topological polar surface area (TPSA) is 67.9 Å². The first kappa shape index (κ1) is 20.3. The second-order valence-corrected chi connectivity index (χ2v) is 6.31. The maximum atomic E-state index is 13.8. The summed E-state index contributed by atoms with van der Waals surface area (Å²) >= 11 is 0. The number of methoxy groups -OCH3 is 1. The summed E-state index contributed by atoms with van der Waals surface area (Å²) in [6, 6.07) is 8.43. The van der Waals surface area contributed by atoms with Crippen molar-refractivity contribution in [2.45, 2.75) is 19.9 Å². The number of urea groups is 1. The molecule has 0 aliphatic carbocycles. The van der Waals surface area contributed by atoms with Crippen molar-refractivity contribution in [3.05, 3.63) is 70.9 Å². The van der Waals surface area contributed by atoms with Crippen LogP contribution in [0.2, 0.25) is 0 Å². The van der Waals surface area contributed by atoms with Crippen LogP contribution >= 0.6 is 0 Å². The van der Waals surface area contributed by atoms with Crippen molar-refractivity contribution < 1.29 is 27.8 Å². The van der Waals surface area contributed by atoms with E-state index in [2.05, 4.69) is 5.32 Å². The van der Waals surface area contributed by atoms with Crippen LogP contribution in [0.4, 0.5) is 19.3 Å². The fourth-order valence-electron chi connectivity index (χ4n) is 3.20. The molecule has 0 bridgehead atoms. The molecule has 3 rings (SSSR count). The highest BCUT2D eigenvalue weighted by molar-refractivity contribution is 6.03. The Morgan fingerprint density at radius 2 is 1.83 bits per heavy atom. The Balaban J connectivity index is 2.11. The van der Waals surface area contributed by atoms with Crippen LogP contribution < -0.4 is 15.0 Å². The Bertz CT molecular complexity index is 973. The molecule has 1 aliphatic heterocycles. The summed E-state index contributed by atoms with van der Waals surface area (Å²) in [5.41, 5.74) is 1.20. The molecule has 1 N–H and O–H groups in total. The number of rotatable bonds is 5.